The van der Waals surface area contributed by atoms with E-state index in [1.807, 2.05) is 0 Å². The Kier molecular flexibility index (Phi) is 3.61. The van der Waals surface area contributed by atoms with Gasteiger partial charge in [0.2, 0.25) is 0 Å². The van der Waals surface area contributed by atoms with Gasteiger partial charge < -0.3 is 0 Å². The summed E-state index contributed by atoms with van der Waals surface area (Å²) in [6, 6.07) is 0.0253. The summed E-state index contributed by atoms with van der Waals surface area (Å²) in [6.07, 6.45) is -12.9. The van der Waals surface area contributed by atoms with E-state index < -0.39 is 35.0 Å². The number of benzene rings is 1. The Morgan fingerprint density at radius 1 is 0.895 bits per heavy atom. The van der Waals surface area contributed by atoms with E-state index in [4.69, 9.17) is 0 Å². The summed E-state index contributed by atoms with van der Waals surface area (Å²) >= 11 is 0. The van der Waals surface area contributed by atoms with Crippen LogP contribution >= 0.6 is 0 Å². The first kappa shape index (κ1) is 15.4. The molecule has 0 saturated heterocycles. The molecule has 0 radical (unpaired) electrons. The predicted octanol–water partition coefficient (Wildman–Crippen LogP) is 3.93. The second-order valence-corrected chi connectivity index (χ2v) is 3.51. The van der Waals surface area contributed by atoms with Crippen molar-refractivity contribution in [1.29, 1.82) is 0 Å². The summed E-state index contributed by atoms with van der Waals surface area (Å²) < 4.78 is 100. The van der Waals surface area contributed by atoms with Gasteiger partial charge in [-0.2, -0.15) is 26.3 Å². The second kappa shape index (κ2) is 4.46. The van der Waals surface area contributed by atoms with Gasteiger partial charge >= 0.3 is 18.0 Å². The highest BCUT2D eigenvalue weighted by Gasteiger charge is 2.73. The van der Waals surface area contributed by atoms with Crippen LogP contribution in [0.4, 0.5) is 35.1 Å². The third-order valence-corrected chi connectivity index (χ3v) is 2.30. The number of halogens is 8. The van der Waals surface area contributed by atoms with E-state index in [2.05, 4.69) is 0 Å². The standard InChI is InChI=1S/C10H4F8O/c11-7-2-1-6(3-5(7)4-19)8(12,9(13,14)15)10(16,17)18/h1-4H. The molecular formula is C10H4F8O. The Morgan fingerprint density at radius 2 is 1.37 bits per heavy atom. The van der Waals surface area contributed by atoms with Crippen molar-refractivity contribution in [2.45, 2.75) is 18.0 Å². The maximum absolute atomic E-state index is 13.5. The summed E-state index contributed by atoms with van der Waals surface area (Å²) in [5.74, 6) is -1.36. The average molecular weight is 292 g/mol. The largest absolute Gasteiger partial charge is 0.435 e. The minimum atomic E-state index is -6.30. The van der Waals surface area contributed by atoms with Gasteiger partial charge in [-0.3, -0.25) is 4.79 Å². The average Bonchev–Trinajstić information content (AvgIpc) is 2.25. The Hall–Kier alpha value is -1.67. The van der Waals surface area contributed by atoms with Crippen molar-refractivity contribution in [2.75, 3.05) is 0 Å². The van der Waals surface area contributed by atoms with Crippen LogP contribution in [0.25, 0.3) is 0 Å². The first-order valence-electron chi connectivity index (χ1n) is 4.52. The van der Waals surface area contributed by atoms with Crippen molar-refractivity contribution in [3.05, 3.63) is 35.1 Å². The van der Waals surface area contributed by atoms with Gasteiger partial charge in [-0.25, -0.2) is 8.78 Å². The highest BCUT2D eigenvalue weighted by Crippen LogP contribution is 2.53. The molecule has 19 heavy (non-hydrogen) atoms. The molecule has 0 fully saturated rings. The minimum absolute atomic E-state index is 0.0106. The molecule has 0 spiro atoms. The molecule has 0 bridgehead atoms. The number of alkyl halides is 7. The Bertz CT molecular complexity index is 473. The number of aldehydes is 1. The Balaban J connectivity index is 3.56. The van der Waals surface area contributed by atoms with Crippen molar-refractivity contribution < 1.29 is 39.9 Å². The van der Waals surface area contributed by atoms with E-state index >= 15 is 0 Å². The molecule has 0 unspecified atom stereocenters. The smallest absolute Gasteiger partial charge is 0.298 e. The zero-order chi connectivity index (χ0) is 15.1. The summed E-state index contributed by atoms with van der Waals surface area (Å²) in [4.78, 5) is 10.3. The summed E-state index contributed by atoms with van der Waals surface area (Å²) in [7, 11) is 0. The van der Waals surface area contributed by atoms with Crippen LogP contribution in [0.1, 0.15) is 15.9 Å². The lowest BCUT2D eigenvalue weighted by atomic mass is 9.93. The molecule has 0 aliphatic carbocycles. The SMILES string of the molecule is O=Cc1cc(C(F)(C(F)(F)F)C(F)(F)F)ccc1F. The monoisotopic (exact) mass is 292 g/mol. The lowest BCUT2D eigenvalue weighted by Crippen LogP contribution is -2.50. The third kappa shape index (κ3) is 2.41. The van der Waals surface area contributed by atoms with Crippen LogP contribution in [0.2, 0.25) is 0 Å². The molecule has 1 rings (SSSR count). The second-order valence-electron chi connectivity index (χ2n) is 3.51. The van der Waals surface area contributed by atoms with Crippen molar-refractivity contribution in [2.24, 2.45) is 0 Å². The number of carbonyl (C=O) groups is 1. The zero-order valence-electron chi connectivity index (χ0n) is 8.74. The van der Waals surface area contributed by atoms with Crippen molar-refractivity contribution in [1.82, 2.24) is 0 Å². The fourth-order valence-electron chi connectivity index (χ4n) is 1.34. The molecule has 9 heteroatoms. The number of rotatable bonds is 2. The molecular weight excluding hydrogens is 288 g/mol. The molecule has 0 atom stereocenters. The van der Waals surface area contributed by atoms with Gasteiger partial charge in [0.25, 0.3) is 0 Å². The molecule has 0 amide bonds. The molecule has 0 heterocycles. The Morgan fingerprint density at radius 3 is 1.74 bits per heavy atom. The van der Waals surface area contributed by atoms with Crippen LogP contribution < -0.4 is 0 Å². The molecule has 0 aliphatic rings. The van der Waals surface area contributed by atoms with Crippen LogP contribution in [0.5, 0.6) is 0 Å². The predicted molar refractivity (Wildman–Crippen MR) is 46.7 cm³/mol. The normalized spacial score (nSPS) is 13.5. The molecule has 0 N–H and O–H groups in total. The van der Waals surface area contributed by atoms with E-state index in [0.29, 0.717) is 0 Å². The van der Waals surface area contributed by atoms with Gasteiger partial charge in [0, 0.05) is 5.56 Å². The van der Waals surface area contributed by atoms with Gasteiger partial charge in [-0.1, -0.05) is 6.07 Å². The van der Waals surface area contributed by atoms with E-state index in [9.17, 15) is 39.9 Å². The first-order valence-corrected chi connectivity index (χ1v) is 4.52. The minimum Gasteiger partial charge on any atom is -0.298 e. The maximum Gasteiger partial charge on any atom is 0.435 e. The summed E-state index contributed by atoms with van der Waals surface area (Å²) in [5, 5.41) is 0. The maximum atomic E-state index is 13.5. The van der Waals surface area contributed by atoms with Crippen LogP contribution in [0, 0.1) is 5.82 Å². The van der Waals surface area contributed by atoms with Gasteiger partial charge in [-0.05, 0) is 12.1 Å². The molecule has 106 valence electrons. The van der Waals surface area contributed by atoms with Crippen molar-refractivity contribution in [3.8, 4) is 0 Å². The number of hydrogen-bond donors (Lipinski definition) is 0. The highest BCUT2D eigenvalue weighted by molar-refractivity contribution is 5.75. The van der Waals surface area contributed by atoms with E-state index in [1.165, 1.54) is 0 Å². The van der Waals surface area contributed by atoms with Crippen LogP contribution in [-0.2, 0) is 5.67 Å². The molecule has 0 saturated carbocycles. The van der Waals surface area contributed by atoms with Crippen molar-refractivity contribution >= 4 is 6.29 Å². The lowest BCUT2D eigenvalue weighted by Gasteiger charge is -2.30. The topological polar surface area (TPSA) is 17.1 Å². The Labute approximate surface area is 100 Å². The molecule has 0 aliphatic heterocycles. The van der Waals surface area contributed by atoms with Crippen LogP contribution in [0.15, 0.2) is 18.2 Å². The fraction of sp³-hybridized carbons (Fsp3) is 0.300. The van der Waals surface area contributed by atoms with Gasteiger partial charge in [0.05, 0.1) is 5.56 Å². The lowest BCUT2D eigenvalue weighted by molar-refractivity contribution is -0.348. The summed E-state index contributed by atoms with van der Waals surface area (Å²) in [6.45, 7) is 0. The fourth-order valence-corrected chi connectivity index (χ4v) is 1.34. The van der Waals surface area contributed by atoms with E-state index in [-0.39, 0.29) is 24.5 Å². The molecule has 1 aromatic rings. The quantitative estimate of drug-likeness (QED) is 0.596. The zero-order valence-corrected chi connectivity index (χ0v) is 8.74. The number of hydrogen-bond acceptors (Lipinski definition) is 1. The van der Waals surface area contributed by atoms with Gasteiger partial charge in [0.1, 0.15) is 5.82 Å². The van der Waals surface area contributed by atoms with Gasteiger partial charge in [-0.15, -0.1) is 0 Å². The molecule has 1 nitrogen and oxygen atoms in total. The van der Waals surface area contributed by atoms with Crippen LogP contribution in [0.3, 0.4) is 0 Å². The molecule has 0 aromatic heterocycles. The first-order chi connectivity index (χ1) is 8.45. The third-order valence-electron chi connectivity index (χ3n) is 2.30. The van der Waals surface area contributed by atoms with Crippen LogP contribution in [-0.4, -0.2) is 18.6 Å². The van der Waals surface area contributed by atoms with E-state index in [1.54, 1.807) is 0 Å². The number of carbonyl (C=O) groups excluding carboxylic acids is 1. The van der Waals surface area contributed by atoms with E-state index in [0.717, 1.165) is 0 Å². The van der Waals surface area contributed by atoms with Crippen molar-refractivity contribution in [3.63, 3.8) is 0 Å². The van der Waals surface area contributed by atoms with Gasteiger partial charge in [0.15, 0.2) is 6.29 Å². The highest BCUT2D eigenvalue weighted by atomic mass is 19.4. The summed E-state index contributed by atoms with van der Waals surface area (Å²) in [5.41, 5.74) is -8.69. The molecule has 1 aromatic carbocycles.